The van der Waals surface area contributed by atoms with Crippen molar-refractivity contribution < 1.29 is 23.3 Å². The zero-order chi connectivity index (χ0) is 93.2. The Labute approximate surface area is 706 Å². The van der Waals surface area contributed by atoms with Gasteiger partial charge in [-0.3, -0.25) is 0 Å². The number of fused-ring (bicyclic) bond motifs is 13. The minimum Gasteiger partial charge on any atom is -0.311 e. The number of nitrogens with zero attached hydrogens (tertiary/aromatic N) is 6. The van der Waals surface area contributed by atoms with E-state index >= 15 is 0 Å². The van der Waals surface area contributed by atoms with Crippen LogP contribution in [0.15, 0.2) is 394 Å². The molecule has 556 valence electrons. The van der Waals surface area contributed by atoms with E-state index in [0.717, 1.165) is 99.8 Å². The maximum absolute atomic E-state index is 10.5. The average molecular weight is 1520 g/mol. The van der Waals surface area contributed by atoms with Gasteiger partial charge in [0.2, 0.25) is 0 Å². The van der Waals surface area contributed by atoms with Gasteiger partial charge in [-0.15, -0.1) is 0 Å². The minimum absolute atomic E-state index is 0.0740. The predicted octanol–water partition coefficient (Wildman–Crippen LogP) is 27.8. The second-order valence-corrected chi connectivity index (χ2v) is 32.5. The highest BCUT2D eigenvalue weighted by Crippen LogP contribution is 2.52. The monoisotopic (exact) mass is 1520 g/mol. The van der Waals surface area contributed by atoms with Gasteiger partial charge >= 0.3 is 0 Å². The molecule has 7 heteroatoms. The van der Waals surface area contributed by atoms with Gasteiger partial charge < -0.3 is 28.4 Å². The first-order valence-corrected chi connectivity index (χ1v) is 39.5. The molecule has 5 heterocycles. The van der Waals surface area contributed by atoms with E-state index in [2.05, 4.69) is 208 Å². The molecule has 0 saturated carbocycles. The Morgan fingerprint density at radius 1 is 0.248 bits per heavy atom. The third kappa shape index (κ3) is 11.5. The highest BCUT2D eigenvalue weighted by atomic mass is 15.2. The van der Waals surface area contributed by atoms with Gasteiger partial charge in [0.25, 0.3) is 6.71 Å². The van der Waals surface area contributed by atoms with E-state index in [1.165, 1.54) is 11.1 Å². The molecule has 0 atom stereocenters. The fourth-order valence-corrected chi connectivity index (χ4v) is 18.0. The lowest BCUT2D eigenvalue weighted by Gasteiger charge is -2.45. The number of hydrogen-bond donors (Lipinski definition) is 0. The number of para-hydroxylation sites is 5. The molecule has 0 unspecified atom stereocenters. The third-order valence-electron chi connectivity index (χ3n) is 23.5. The molecular weight excluding hydrogens is 1420 g/mol. The van der Waals surface area contributed by atoms with Crippen molar-refractivity contribution in [2.24, 2.45) is 0 Å². The standard InChI is InChI=1S/C110H83BN6/c1-109(2,3)80-49-56-101-93(65-80)94-66-81(110(4,5)6)50-57-102(94)114(101)86-52-55-97-105(69-86)117(88-63-78(74-35-17-9-18-36-74)60-79(64-88)75-37-19-10-20-38-75)107-71-89(115-100-48-30-27-45-92(100)95-67-84(53-58-103(95)115)112(82-39-21-11-22-40-82)83-41-23-12-24-42-83)70-106-108(107)111(97)96-54-51-85(113-98-46-28-25-43-90(98)91-44-26-29-47-99(91)113)68-104(96)116(106)87-61-76(72-31-13-7-14-32-72)59-77(62-87)73-33-15-8-16-34-73/h7-71H,1-6H3/i11D,21D,22D,25D,26D,27D,28D,29D,30D,39D,40D,43D,44D,45D,46D,47D,48D. The molecule has 2 aliphatic heterocycles. The van der Waals surface area contributed by atoms with Crippen molar-refractivity contribution in [3.63, 3.8) is 0 Å². The number of rotatable bonds is 12. The van der Waals surface area contributed by atoms with E-state index in [0.29, 0.717) is 50.7 Å². The second kappa shape index (κ2) is 27.2. The normalized spacial score (nSPS) is 14.7. The molecule has 6 nitrogen and oxygen atoms in total. The summed E-state index contributed by atoms with van der Waals surface area (Å²) in [6.07, 6.45) is 0. The van der Waals surface area contributed by atoms with Crippen LogP contribution >= 0.6 is 0 Å². The fourth-order valence-electron chi connectivity index (χ4n) is 18.0. The molecule has 0 radical (unpaired) electrons. The van der Waals surface area contributed by atoms with E-state index in [9.17, 15) is 19.2 Å². The summed E-state index contributed by atoms with van der Waals surface area (Å²) in [7, 11) is 0. The summed E-state index contributed by atoms with van der Waals surface area (Å²) in [6, 6.07) is 89.6. The molecule has 0 fully saturated rings. The Morgan fingerprint density at radius 3 is 1.02 bits per heavy atom. The Morgan fingerprint density at radius 2 is 0.598 bits per heavy atom. The Hall–Kier alpha value is -14.4. The van der Waals surface area contributed by atoms with Crippen LogP contribution in [0.2, 0.25) is 0 Å². The Balaban J connectivity index is 0.934. The van der Waals surface area contributed by atoms with Crippen molar-refractivity contribution in [3.05, 3.63) is 405 Å². The highest BCUT2D eigenvalue weighted by molar-refractivity contribution is 7.00. The largest absolute Gasteiger partial charge is 0.311 e. The van der Waals surface area contributed by atoms with E-state index in [4.69, 9.17) is 4.11 Å². The van der Waals surface area contributed by atoms with E-state index < -0.39 is 97.3 Å². The molecule has 3 aromatic heterocycles. The highest BCUT2D eigenvalue weighted by Gasteiger charge is 2.45. The lowest BCUT2D eigenvalue weighted by molar-refractivity contribution is 0.590. The Bertz CT molecular complexity index is 8150. The maximum atomic E-state index is 10.5. The van der Waals surface area contributed by atoms with Crippen LogP contribution in [0.5, 0.6) is 0 Å². The van der Waals surface area contributed by atoms with E-state index in [1.807, 2.05) is 108 Å². The molecule has 17 aromatic carbocycles. The second-order valence-electron chi connectivity index (χ2n) is 32.5. The molecule has 0 bridgehead atoms. The molecular formula is C110H83BN6. The first-order chi connectivity index (χ1) is 64.3. The SMILES string of the molecule is [2H]c1c([2H])c([2H])c(N(c2ccccc2)c2ccc3c(c2)c2c([2H])c([2H])c([2H])c([2H])c2n3-c2cc3c4c(c2)N(c2cc(-c5ccccc5)cc(-c5ccccc5)c2)c2cc(-n5c6c([2H])c([2H])c([2H])c([2H])c6c6c([2H])c([2H])c([2H])c([2H])c65)ccc2B4c2ccc(-n4c5ccc(C(C)(C)C)cc5c5cc(C(C)(C)C)ccc54)cc2N3c2cc(-c3ccccc3)cc(-c3ccccc3)c2)c([2H])c1[2H]. The number of hydrogen-bond acceptors (Lipinski definition) is 3. The summed E-state index contributed by atoms with van der Waals surface area (Å²) in [5.74, 6) is 0. The summed E-state index contributed by atoms with van der Waals surface area (Å²) in [5.41, 5.74) is 19.6. The van der Waals surface area contributed by atoms with Crippen LogP contribution in [0.1, 0.15) is 76.0 Å². The number of anilines is 9. The summed E-state index contributed by atoms with van der Waals surface area (Å²) < 4.78 is 168. The molecule has 22 rings (SSSR count). The maximum Gasteiger partial charge on any atom is 0.252 e. The summed E-state index contributed by atoms with van der Waals surface area (Å²) in [5, 5.41) is 2.41. The van der Waals surface area contributed by atoms with Gasteiger partial charge in [0.05, 0.1) is 62.1 Å². The van der Waals surface area contributed by atoms with Crippen LogP contribution in [0.3, 0.4) is 0 Å². The van der Waals surface area contributed by atoms with Crippen molar-refractivity contribution in [2.45, 2.75) is 52.4 Å². The van der Waals surface area contributed by atoms with E-state index in [-0.39, 0.29) is 67.0 Å². The van der Waals surface area contributed by atoms with Gasteiger partial charge in [-0.25, -0.2) is 0 Å². The van der Waals surface area contributed by atoms with Crippen LogP contribution in [-0.2, 0) is 10.8 Å². The molecule has 20 aromatic rings. The van der Waals surface area contributed by atoms with Gasteiger partial charge in [-0.05, 0) is 240 Å². The Kier molecular flexibility index (Phi) is 12.4. The molecule has 0 N–H and O–H groups in total. The van der Waals surface area contributed by atoms with Crippen molar-refractivity contribution in [2.75, 3.05) is 14.7 Å². The molecule has 0 amide bonds. The van der Waals surface area contributed by atoms with Crippen LogP contribution < -0.4 is 31.1 Å². The number of benzene rings is 17. The minimum atomic E-state index is -0.760. The predicted molar refractivity (Wildman–Crippen MR) is 497 cm³/mol. The van der Waals surface area contributed by atoms with Crippen LogP contribution in [0, 0.1) is 0 Å². The van der Waals surface area contributed by atoms with Gasteiger partial charge in [0.15, 0.2) is 0 Å². The van der Waals surface area contributed by atoms with Crippen LogP contribution in [0.25, 0.3) is 127 Å². The quantitative estimate of drug-likeness (QED) is 0.114. The number of aromatic nitrogens is 3. The van der Waals surface area contributed by atoms with Crippen molar-refractivity contribution in [3.8, 4) is 61.6 Å². The third-order valence-corrected chi connectivity index (χ3v) is 23.5. The van der Waals surface area contributed by atoms with Gasteiger partial charge in [-0.2, -0.15) is 0 Å². The first kappa shape index (κ1) is 53.6. The van der Waals surface area contributed by atoms with Crippen LogP contribution in [0.4, 0.5) is 51.2 Å². The lowest BCUT2D eigenvalue weighted by Crippen LogP contribution is -2.61. The molecule has 0 spiro atoms. The average Bonchev–Trinajstić information content (AvgIpc) is 1.27. The zero-order valence-electron chi connectivity index (χ0n) is 82.0. The van der Waals surface area contributed by atoms with Gasteiger partial charge in [0, 0.05) is 94.9 Å². The summed E-state index contributed by atoms with van der Waals surface area (Å²) in [6.45, 7) is 12.6. The van der Waals surface area contributed by atoms with Crippen molar-refractivity contribution >= 4 is 140 Å². The zero-order valence-corrected chi connectivity index (χ0v) is 65.0. The molecule has 0 aliphatic carbocycles. The van der Waals surface area contributed by atoms with Gasteiger partial charge in [0.1, 0.15) is 0 Å². The summed E-state index contributed by atoms with van der Waals surface area (Å²) in [4.78, 5) is 6.11. The van der Waals surface area contributed by atoms with Crippen molar-refractivity contribution in [1.82, 2.24) is 13.7 Å². The van der Waals surface area contributed by atoms with E-state index in [1.54, 1.807) is 45.9 Å². The van der Waals surface area contributed by atoms with Crippen molar-refractivity contribution in [1.29, 1.82) is 0 Å². The molecule has 0 saturated heterocycles. The summed E-state index contributed by atoms with van der Waals surface area (Å²) >= 11 is 0. The molecule has 117 heavy (non-hydrogen) atoms. The lowest BCUT2D eigenvalue weighted by atomic mass is 9.33. The first-order valence-electron chi connectivity index (χ1n) is 48.0. The fraction of sp³-hybridized carbons (Fsp3) is 0.0727. The topological polar surface area (TPSA) is 24.5 Å². The van der Waals surface area contributed by atoms with Crippen LogP contribution in [-0.4, -0.2) is 20.4 Å². The smallest absolute Gasteiger partial charge is 0.252 e. The van der Waals surface area contributed by atoms with Gasteiger partial charge in [-0.1, -0.05) is 278 Å². The molecule has 2 aliphatic rings.